The first kappa shape index (κ1) is 15.1. The lowest BCUT2D eigenvalue weighted by molar-refractivity contribution is -0.133. The molecule has 1 aromatic carbocycles. The molecule has 4 nitrogen and oxygen atoms in total. The minimum atomic E-state index is -0.353. The first-order valence-electron chi connectivity index (χ1n) is 7.97. The summed E-state index contributed by atoms with van der Waals surface area (Å²) >= 11 is 0. The molecule has 1 aliphatic heterocycles. The average Bonchev–Trinajstić information content (AvgIpc) is 2.89. The van der Waals surface area contributed by atoms with Crippen LogP contribution in [-0.4, -0.2) is 35.1 Å². The number of fused-ring (bicyclic) bond motifs is 1. The molecule has 2 atom stereocenters. The lowest BCUT2D eigenvalue weighted by Crippen LogP contribution is -2.43. The Morgan fingerprint density at radius 1 is 1.50 bits per heavy atom. The lowest BCUT2D eigenvalue weighted by Gasteiger charge is -2.34. The van der Waals surface area contributed by atoms with Crippen molar-refractivity contribution in [3.63, 3.8) is 0 Å². The highest BCUT2D eigenvalue weighted by atomic mass is 16.3. The minimum absolute atomic E-state index is 0.119. The van der Waals surface area contributed by atoms with Gasteiger partial charge < -0.3 is 14.4 Å². The number of piperidine rings is 1. The SMILES string of the molecule is Cc1ccc2c(CC(=O)N3CCCC(C(C)O)C3)coc2c1. The molecule has 1 saturated heterocycles. The van der Waals surface area contributed by atoms with Crippen molar-refractivity contribution < 1.29 is 14.3 Å². The van der Waals surface area contributed by atoms with Crippen molar-refractivity contribution in [2.75, 3.05) is 13.1 Å². The fourth-order valence-corrected chi connectivity index (χ4v) is 3.23. The van der Waals surface area contributed by atoms with E-state index in [9.17, 15) is 9.90 Å². The normalized spacial score (nSPS) is 20.3. The molecule has 22 heavy (non-hydrogen) atoms. The van der Waals surface area contributed by atoms with Crippen LogP contribution in [0, 0.1) is 12.8 Å². The summed E-state index contributed by atoms with van der Waals surface area (Å²) in [6, 6.07) is 6.05. The molecule has 2 heterocycles. The number of amides is 1. The van der Waals surface area contributed by atoms with Crippen LogP contribution in [0.2, 0.25) is 0 Å². The van der Waals surface area contributed by atoms with Gasteiger partial charge in [0.15, 0.2) is 0 Å². The summed E-state index contributed by atoms with van der Waals surface area (Å²) in [5.41, 5.74) is 2.93. The summed E-state index contributed by atoms with van der Waals surface area (Å²) < 4.78 is 5.57. The zero-order valence-electron chi connectivity index (χ0n) is 13.2. The summed E-state index contributed by atoms with van der Waals surface area (Å²) in [5, 5.41) is 10.8. The molecule has 1 amide bonds. The highest BCUT2D eigenvalue weighted by Crippen LogP contribution is 2.25. The highest BCUT2D eigenvalue weighted by Gasteiger charge is 2.26. The van der Waals surface area contributed by atoms with Gasteiger partial charge in [0.25, 0.3) is 0 Å². The van der Waals surface area contributed by atoms with Crippen LogP contribution in [0.3, 0.4) is 0 Å². The number of carbonyl (C=O) groups excluding carboxylic acids is 1. The number of aliphatic hydroxyl groups excluding tert-OH is 1. The number of carbonyl (C=O) groups is 1. The lowest BCUT2D eigenvalue weighted by atomic mass is 9.93. The topological polar surface area (TPSA) is 53.7 Å². The van der Waals surface area contributed by atoms with Gasteiger partial charge in [-0.3, -0.25) is 4.79 Å². The molecule has 1 aromatic heterocycles. The van der Waals surface area contributed by atoms with E-state index in [0.29, 0.717) is 13.0 Å². The van der Waals surface area contributed by atoms with Gasteiger partial charge in [-0.05, 0) is 38.3 Å². The maximum atomic E-state index is 12.5. The predicted octanol–water partition coefficient (Wildman–Crippen LogP) is 2.90. The van der Waals surface area contributed by atoms with Crippen LogP contribution >= 0.6 is 0 Å². The van der Waals surface area contributed by atoms with Gasteiger partial charge in [0.1, 0.15) is 5.58 Å². The highest BCUT2D eigenvalue weighted by molar-refractivity contribution is 5.88. The molecule has 0 saturated carbocycles. The Bertz CT molecular complexity index is 674. The standard InChI is InChI=1S/C18H23NO3/c1-12-5-6-16-15(11-22-17(16)8-12)9-18(21)19-7-3-4-14(10-19)13(2)20/h5-6,8,11,13-14,20H,3-4,7,9-10H2,1-2H3. The number of furan rings is 1. The quantitative estimate of drug-likeness (QED) is 0.948. The molecule has 0 aliphatic carbocycles. The van der Waals surface area contributed by atoms with Gasteiger partial charge >= 0.3 is 0 Å². The number of rotatable bonds is 3. The summed E-state index contributed by atoms with van der Waals surface area (Å²) in [7, 11) is 0. The number of benzene rings is 1. The average molecular weight is 301 g/mol. The van der Waals surface area contributed by atoms with E-state index >= 15 is 0 Å². The molecule has 3 rings (SSSR count). The van der Waals surface area contributed by atoms with E-state index in [1.165, 1.54) is 0 Å². The molecular weight excluding hydrogens is 278 g/mol. The summed E-state index contributed by atoms with van der Waals surface area (Å²) in [5.74, 6) is 0.315. The van der Waals surface area contributed by atoms with Gasteiger partial charge in [0, 0.05) is 30.0 Å². The molecule has 2 aromatic rings. The van der Waals surface area contributed by atoms with E-state index in [2.05, 4.69) is 0 Å². The number of hydrogen-bond acceptors (Lipinski definition) is 3. The predicted molar refractivity (Wildman–Crippen MR) is 85.6 cm³/mol. The van der Waals surface area contributed by atoms with Crippen molar-refractivity contribution in [1.29, 1.82) is 0 Å². The Balaban J connectivity index is 1.73. The largest absolute Gasteiger partial charge is 0.464 e. The minimum Gasteiger partial charge on any atom is -0.464 e. The van der Waals surface area contributed by atoms with Crippen molar-refractivity contribution in [3.8, 4) is 0 Å². The van der Waals surface area contributed by atoms with Gasteiger partial charge in [-0.15, -0.1) is 0 Å². The van der Waals surface area contributed by atoms with Gasteiger partial charge in [-0.2, -0.15) is 0 Å². The van der Waals surface area contributed by atoms with Crippen molar-refractivity contribution in [2.24, 2.45) is 5.92 Å². The second kappa shape index (κ2) is 6.13. The number of aryl methyl sites for hydroxylation is 1. The number of nitrogens with zero attached hydrogens (tertiary/aromatic N) is 1. The zero-order valence-corrected chi connectivity index (χ0v) is 13.2. The van der Waals surface area contributed by atoms with Crippen LogP contribution in [0.1, 0.15) is 30.9 Å². The molecule has 1 N–H and O–H groups in total. The maximum absolute atomic E-state index is 12.5. The van der Waals surface area contributed by atoms with Crippen LogP contribution in [0.4, 0.5) is 0 Å². The third kappa shape index (κ3) is 3.02. The van der Waals surface area contributed by atoms with Crippen LogP contribution in [0.25, 0.3) is 11.0 Å². The summed E-state index contributed by atoms with van der Waals surface area (Å²) in [6.45, 7) is 5.28. The van der Waals surface area contributed by atoms with Gasteiger partial charge in [-0.1, -0.05) is 12.1 Å². The number of hydrogen-bond donors (Lipinski definition) is 1. The Morgan fingerprint density at radius 3 is 3.09 bits per heavy atom. The van der Waals surface area contributed by atoms with E-state index in [-0.39, 0.29) is 17.9 Å². The zero-order chi connectivity index (χ0) is 15.7. The van der Waals surface area contributed by atoms with Gasteiger partial charge in [0.05, 0.1) is 18.8 Å². The third-order valence-corrected chi connectivity index (χ3v) is 4.65. The molecule has 0 radical (unpaired) electrons. The Kier molecular flexibility index (Phi) is 4.21. The van der Waals surface area contributed by atoms with Crippen LogP contribution in [-0.2, 0) is 11.2 Å². The van der Waals surface area contributed by atoms with Gasteiger partial charge in [0.2, 0.25) is 5.91 Å². The molecule has 0 spiro atoms. The molecule has 1 fully saturated rings. The third-order valence-electron chi connectivity index (χ3n) is 4.65. The fraction of sp³-hybridized carbons (Fsp3) is 0.500. The van der Waals surface area contributed by atoms with E-state index in [4.69, 9.17) is 4.42 Å². The smallest absolute Gasteiger partial charge is 0.227 e. The number of aliphatic hydroxyl groups is 1. The van der Waals surface area contributed by atoms with Crippen molar-refractivity contribution in [3.05, 3.63) is 35.6 Å². The molecule has 1 aliphatic rings. The van der Waals surface area contributed by atoms with Gasteiger partial charge in [-0.25, -0.2) is 0 Å². The van der Waals surface area contributed by atoms with Crippen LogP contribution in [0.15, 0.2) is 28.9 Å². The van der Waals surface area contributed by atoms with E-state index < -0.39 is 0 Å². The van der Waals surface area contributed by atoms with E-state index in [1.807, 2.05) is 36.9 Å². The monoisotopic (exact) mass is 301 g/mol. The second-order valence-corrected chi connectivity index (χ2v) is 6.42. The second-order valence-electron chi connectivity index (χ2n) is 6.42. The molecule has 2 unspecified atom stereocenters. The van der Waals surface area contributed by atoms with Crippen LogP contribution in [0.5, 0.6) is 0 Å². The molecule has 4 heteroatoms. The Morgan fingerprint density at radius 2 is 2.32 bits per heavy atom. The Hall–Kier alpha value is -1.81. The van der Waals surface area contributed by atoms with Crippen LogP contribution < -0.4 is 0 Å². The first-order chi connectivity index (χ1) is 10.5. The fourth-order valence-electron chi connectivity index (χ4n) is 3.23. The summed E-state index contributed by atoms with van der Waals surface area (Å²) in [4.78, 5) is 14.4. The molecule has 0 bridgehead atoms. The van der Waals surface area contributed by atoms with E-state index in [0.717, 1.165) is 41.5 Å². The van der Waals surface area contributed by atoms with Crippen molar-refractivity contribution >= 4 is 16.9 Å². The Labute approximate surface area is 130 Å². The molecular formula is C18H23NO3. The van der Waals surface area contributed by atoms with E-state index in [1.54, 1.807) is 6.26 Å². The van der Waals surface area contributed by atoms with Crippen molar-refractivity contribution in [2.45, 2.75) is 39.2 Å². The molecule has 118 valence electrons. The first-order valence-corrected chi connectivity index (χ1v) is 7.97. The maximum Gasteiger partial charge on any atom is 0.227 e. The van der Waals surface area contributed by atoms with Crippen molar-refractivity contribution in [1.82, 2.24) is 4.90 Å². The number of likely N-dealkylation sites (tertiary alicyclic amines) is 1. The summed E-state index contributed by atoms with van der Waals surface area (Å²) in [6.07, 6.45) is 3.66.